The summed E-state index contributed by atoms with van der Waals surface area (Å²) in [6, 6.07) is 7.16. The third-order valence-corrected chi connectivity index (χ3v) is 2.49. The number of benzene rings is 1. The van der Waals surface area contributed by atoms with Crippen LogP contribution in [0.3, 0.4) is 0 Å². The molecule has 4 nitrogen and oxygen atoms in total. The van der Waals surface area contributed by atoms with Crippen molar-refractivity contribution < 1.29 is 14.3 Å². The number of hydrogen-bond donors (Lipinski definition) is 1. The van der Waals surface area contributed by atoms with Crippen molar-refractivity contribution in [1.29, 1.82) is 0 Å². The van der Waals surface area contributed by atoms with Gasteiger partial charge in [-0.25, -0.2) is 4.79 Å². The van der Waals surface area contributed by atoms with Gasteiger partial charge >= 0.3 is 5.97 Å². The maximum Gasteiger partial charge on any atom is 0.344 e. The Labute approximate surface area is 108 Å². The van der Waals surface area contributed by atoms with Crippen LogP contribution >= 0.6 is 15.9 Å². The van der Waals surface area contributed by atoms with E-state index in [2.05, 4.69) is 26.0 Å². The zero-order valence-electron chi connectivity index (χ0n) is 9.49. The number of nitrogens with one attached hydrogen (secondary N) is 1. The minimum atomic E-state index is -0.470. The second-order valence-corrected chi connectivity index (χ2v) is 4.11. The lowest BCUT2D eigenvalue weighted by molar-refractivity contribution is -0.135. The van der Waals surface area contributed by atoms with Gasteiger partial charge in [-0.15, -0.1) is 0 Å². The number of carbonyl (C=O) groups excluding carboxylic acids is 2. The number of para-hydroxylation sites is 1. The smallest absolute Gasteiger partial charge is 0.344 e. The van der Waals surface area contributed by atoms with E-state index in [9.17, 15) is 9.59 Å². The van der Waals surface area contributed by atoms with Gasteiger partial charge in [-0.2, -0.15) is 0 Å². The molecule has 0 aliphatic rings. The number of ether oxygens (including phenoxy) is 1. The zero-order chi connectivity index (χ0) is 12.8. The van der Waals surface area contributed by atoms with Crippen LogP contribution in [0.25, 0.3) is 6.08 Å². The Bertz CT molecular complexity index is 469. The Morgan fingerprint density at radius 1 is 1.35 bits per heavy atom. The van der Waals surface area contributed by atoms with Crippen molar-refractivity contribution in [2.24, 2.45) is 0 Å². The summed E-state index contributed by atoms with van der Waals surface area (Å²) in [5.41, 5.74) is 1.36. The number of methoxy groups -OCH3 is 1. The minimum Gasteiger partial charge on any atom is -0.465 e. The summed E-state index contributed by atoms with van der Waals surface area (Å²) in [7, 11) is 1.30. The number of amides is 1. The molecule has 1 aromatic carbocycles. The molecule has 90 valence electrons. The fraction of sp³-hybridized carbons (Fsp3) is 0.167. The van der Waals surface area contributed by atoms with Crippen molar-refractivity contribution in [2.75, 3.05) is 12.4 Å². The van der Waals surface area contributed by atoms with Gasteiger partial charge in [0.25, 0.3) is 0 Å². The van der Waals surface area contributed by atoms with Crippen molar-refractivity contribution in [2.45, 2.75) is 6.92 Å². The van der Waals surface area contributed by atoms with Gasteiger partial charge in [-0.3, -0.25) is 4.79 Å². The summed E-state index contributed by atoms with van der Waals surface area (Å²) in [4.78, 5) is 22.2. The standard InChI is InChI=1S/C12H12BrNO3/c1-8(15)14-11-6-4-3-5-9(11)7-10(13)12(16)17-2/h3-7H,1-2H3,(H,14,15)/b10-7-. The molecule has 0 spiro atoms. The largest absolute Gasteiger partial charge is 0.465 e. The van der Waals surface area contributed by atoms with E-state index in [1.807, 2.05) is 6.07 Å². The SMILES string of the molecule is COC(=O)/C(Br)=C/c1ccccc1NC(C)=O. The molecular weight excluding hydrogens is 286 g/mol. The molecule has 17 heavy (non-hydrogen) atoms. The number of rotatable bonds is 3. The first kappa shape index (κ1) is 13.4. The first-order chi connectivity index (χ1) is 8.04. The quantitative estimate of drug-likeness (QED) is 0.689. The molecule has 0 heterocycles. The highest BCUT2D eigenvalue weighted by atomic mass is 79.9. The molecule has 5 heteroatoms. The molecule has 0 aliphatic heterocycles. The Morgan fingerprint density at radius 2 is 2.00 bits per heavy atom. The molecule has 1 rings (SSSR count). The van der Waals surface area contributed by atoms with Crippen LogP contribution < -0.4 is 5.32 Å². The van der Waals surface area contributed by atoms with Gasteiger partial charge in [-0.1, -0.05) is 18.2 Å². The molecule has 1 aromatic rings. The fourth-order valence-corrected chi connectivity index (χ4v) is 1.63. The molecule has 0 unspecified atom stereocenters. The average Bonchev–Trinajstić information content (AvgIpc) is 2.29. The third-order valence-electron chi connectivity index (χ3n) is 1.93. The van der Waals surface area contributed by atoms with Crippen LogP contribution in [0, 0.1) is 0 Å². The lowest BCUT2D eigenvalue weighted by atomic mass is 10.1. The van der Waals surface area contributed by atoms with Gasteiger partial charge in [0.2, 0.25) is 5.91 Å². The number of anilines is 1. The molecule has 0 aliphatic carbocycles. The lowest BCUT2D eigenvalue weighted by Gasteiger charge is -2.06. The lowest BCUT2D eigenvalue weighted by Crippen LogP contribution is -2.07. The van der Waals surface area contributed by atoms with E-state index in [1.54, 1.807) is 24.3 Å². The van der Waals surface area contributed by atoms with Gasteiger partial charge in [-0.05, 0) is 33.6 Å². The summed E-state index contributed by atoms with van der Waals surface area (Å²) in [5, 5.41) is 2.68. The van der Waals surface area contributed by atoms with Crippen molar-refractivity contribution in [3.8, 4) is 0 Å². The summed E-state index contributed by atoms with van der Waals surface area (Å²) >= 11 is 3.11. The Hall–Kier alpha value is -1.62. The van der Waals surface area contributed by atoms with Crippen LogP contribution in [-0.2, 0) is 14.3 Å². The van der Waals surface area contributed by atoms with Crippen molar-refractivity contribution in [3.63, 3.8) is 0 Å². The number of carbonyl (C=O) groups is 2. The van der Waals surface area contributed by atoms with Crippen LogP contribution in [0.15, 0.2) is 28.7 Å². The second kappa shape index (κ2) is 6.20. The topological polar surface area (TPSA) is 55.4 Å². The molecular formula is C12H12BrNO3. The average molecular weight is 298 g/mol. The predicted molar refractivity (Wildman–Crippen MR) is 69.7 cm³/mol. The van der Waals surface area contributed by atoms with E-state index in [4.69, 9.17) is 0 Å². The summed E-state index contributed by atoms with van der Waals surface area (Å²) < 4.78 is 4.85. The number of hydrogen-bond acceptors (Lipinski definition) is 3. The second-order valence-electron chi connectivity index (χ2n) is 3.25. The first-order valence-electron chi connectivity index (χ1n) is 4.86. The van der Waals surface area contributed by atoms with E-state index in [0.717, 1.165) is 5.56 Å². The van der Waals surface area contributed by atoms with Gasteiger partial charge in [0.15, 0.2) is 0 Å². The molecule has 1 amide bonds. The van der Waals surface area contributed by atoms with Crippen LogP contribution in [0.5, 0.6) is 0 Å². The fourth-order valence-electron chi connectivity index (χ4n) is 1.22. The molecule has 1 N–H and O–H groups in total. The monoisotopic (exact) mass is 297 g/mol. The normalized spacial score (nSPS) is 10.9. The maximum atomic E-state index is 11.2. The van der Waals surface area contributed by atoms with Crippen LogP contribution in [-0.4, -0.2) is 19.0 Å². The highest BCUT2D eigenvalue weighted by Gasteiger charge is 2.07. The first-order valence-corrected chi connectivity index (χ1v) is 5.66. The van der Waals surface area contributed by atoms with Crippen molar-refractivity contribution >= 4 is 39.6 Å². The van der Waals surface area contributed by atoms with Gasteiger partial charge in [0.05, 0.1) is 7.11 Å². The summed E-state index contributed by atoms with van der Waals surface area (Å²) in [5.74, 6) is -0.636. The highest BCUT2D eigenvalue weighted by Crippen LogP contribution is 2.21. The van der Waals surface area contributed by atoms with Gasteiger partial charge in [0, 0.05) is 12.6 Å². The van der Waals surface area contributed by atoms with Gasteiger partial charge < -0.3 is 10.1 Å². The Morgan fingerprint density at radius 3 is 2.59 bits per heavy atom. The molecule has 0 fully saturated rings. The minimum absolute atomic E-state index is 0.167. The van der Waals surface area contributed by atoms with Crippen molar-refractivity contribution in [3.05, 3.63) is 34.3 Å². The van der Waals surface area contributed by atoms with E-state index < -0.39 is 5.97 Å². The maximum absolute atomic E-state index is 11.2. The van der Waals surface area contributed by atoms with E-state index in [0.29, 0.717) is 5.69 Å². The predicted octanol–water partition coefficient (Wildman–Crippen LogP) is 2.55. The molecule has 0 saturated heterocycles. The van der Waals surface area contributed by atoms with E-state index >= 15 is 0 Å². The zero-order valence-corrected chi connectivity index (χ0v) is 11.1. The van der Waals surface area contributed by atoms with Crippen molar-refractivity contribution in [1.82, 2.24) is 0 Å². The summed E-state index contributed by atoms with van der Waals surface area (Å²) in [6.45, 7) is 1.43. The Kier molecular flexibility index (Phi) is 4.90. The molecule has 0 aromatic heterocycles. The number of esters is 1. The molecule has 0 bridgehead atoms. The summed E-state index contributed by atoms with van der Waals surface area (Å²) in [6.07, 6.45) is 1.59. The third kappa shape index (κ3) is 4.03. The van der Waals surface area contributed by atoms with Crippen LogP contribution in [0.2, 0.25) is 0 Å². The van der Waals surface area contributed by atoms with Gasteiger partial charge in [0.1, 0.15) is 4.48 Å². The highest BCUT2D eigenvalue weighted by molar-refractivity contribution is 9.12. The van der Waals surface area contributed by atoms with E-state index in [-0.39, 0.29) is 10.4 Å². The molecule has 0 atom stereocenters. The van der Waals surface area contributed by atoms with E-state index in [1.165, 1.54) is 14.0 Å². The number of halogens is 1. The van der Waals surface area contributed by atoms with Crippen LogP contribution in [0.4, 0.5) is 5.69 Å². The van der Waals surface area contributed by atoms with Crippen LogP contribution in [0.1, 0.15) is 12.5 Å². The molecule has 0 radical (unpaired) electrons. The Balaban J connectivity index is 3.05. The molecule has 0 saturated carbocycles.